The molecule has 0 amide bonds. The number of rotatable bonds is 8. The van der Waals surface area contributed by atoms with Gasteiger partial charge in [-0.3, -0.25) is 4.79 Å². The maximum atomic E-state index is 13.0. The van der Waals surface area contributed by atoms with Crippen LogP contribution in [0, 0.1) is 11.3 Å². The predicted molar refractivity (Wildman–Crippen MR) is 110 cm³/mol. The number of hydrogen-bond donors (Lipinski definition) is 1. The highest BCUT2D eigenvalue weighted by Gasteiger charge is 2.30. The highest BCUT2D eigenvalue weighted by Crippen LogP contribution is 2.30. The smallest absolute Gasteiger partial charge is 0.396 e. The zero-order valence-corrected chi connectivity index (χ0v) is 16.6. The van der Waals surface area contributed by atoms with Gasteiger partial charge in [0.15, 0.2) is 5.78 Å². The van der Waals surface area contributed by atoms with Gasteiger partial charge in [0, 0.05) is 42.9 Å². The van der Waals surface area contributed by atoms with E-state index in [0.717, 1.165) is 12.1 Å². The van der Waals surface area contributed by atoms with Crippen LogP contribution >= 0.6 is 0 Å². The molecular formula is C23H20F3N3O2. The molecule has 0 atom stereocenters. The number of fused-ring (bicyclic) bond motifs is 1. The summed E-state index contributed by atoms with van der Waals surface area (Å²) in [6, 6.07) is 10.5. The average molecular weight is 427 g/mol. The summed E-state index contributed by atoms with van der Waals surface area (Å²) in [5.74, 6) is -0.321. The third-order valence-corrected chi connectivity index (χ3v) is 4.80. The van der Waals surface area contributed by atoms with Gasteiger partial charge in [-0.25, -0.2) is 4.98 Å². The zero-order valence-electron chi connectivity index (χ0n) is 16.6. The zero-order chi connectivity index (χ0) is 22.4. The Morgan fingerprint density at radius 3 is 2.74 bits per heavy atom. The van der Waals surface area contributed by atoms with Gasteiger partial charge in [-0.2, -0.15) is 18.4 Å². The predicted octanol–water partition coefficient (Wildman–Crippen LogP) is 4.74. The number of ketones is 1. The minimum Gasteiger partial charge on any atom is -0.396 e. The molecule has 1 aromatic carbocycles. The SMILES string of the molecule is N#C/C(=C\c1cn(Cc2cccc(C(F)(F)F)c2)c2ncccc12)C(=O)CCCCO. The number of Topliss-reactive ketones (excluding diaryl/α,β-unsaturated/α-hetero) is 1. The van der Waals surface area contributed by atoms with E-state index in [1.165, 1.54) is 12.1 Å². The first-order chi connectivity index (χ1) is 14.8. The third kappa shape index (κ3) is 5.38. The molecule has 0 aliphatic carbocycles. The van der Waals surface area contributed by atoms with Gasteiger partial charge in [-0.1, -0.05) is 12.1 Å². The van der Waals surface area contributed by atoms with Crippen LogP contribution in [0.2, 0.25) is 0 Å². The average Bonchev–Trinajstić information content (AvgIpc) is 3.09. The molecule has 0 fully saturated rings. The highest BCUT2D eigenvalue weighted by atomic mass is 19.4. The van der Waals surface area contributed by atoms with Crippen molar-refractivity contribution in [3.8, 4) is 6.07 Å². The van der Waals surface area contributed by atoms with Crippen LogP contribution in [0.15, 0.2) is 54.4 Å². The summed E-state index contributed by atoms with van der Waals surface area (Å²) in [5.41, 5.74) is 0.835. The molecule has 31 heavy (non-hydrogen) atoms. The van der Waals surface area contributed by atoms with E-state index in [0.29, 0.717) is 35.0 Å². The van der Waals surface area contributed by atoms with E-state index in [-0.39, 0.29) is 30.9 Å². The second kappa shape index (κ2) is 9.58. The normalized spacial score (nSPS) is 12.2. The van der Waals surface area contributed by atoms with E-state index in [1.54, 1.807) is 35.2 Å². The Hall–Kier alpha value is -3.44. The van der Waals surface area contributed by atoms with Crippen molar-refractivity contribution >= 4 is 22.9 Å². The van der Waals surface area contributed by atoms with E-state index in [9.17, 15) is 23.2 Å². The van der Waals surface area contributed by atoms with E-state index in [2.05, 4.69) is 4.98 Å². The molecule has 0 bridgehead atoms. The summed E-state index contributed by atoms with van der Waals surface area (Å²) < 4.78 is 40.8. The standard InChI is InChI=1S/C23H20F3N3O2/c24-23(25,26)19-6-3-5-16(11-19)14-29-15-18(20-7-4-9-28-22(20)29)12-17(13-27)21(31)8-1-2-10-30/h3-7,9,11-12,15,30H,1-2,8,10,14H2/b17-12+. The van der Waals surface area contributed by atoms with Crippen molar-refractivity contribution in [1.82, 2.24) is 9.55 Å². The number of carbonyl (C=O) groups is 1. The van der Waals surface area contributed by atoms with Gasteiger partial charge in [0.25, 0.3) is 0 Å². The van der Waals surface area contributed by atoms with Crippen molar-refractivity contribution in [3.63, 3.8) is 0 Å². The Morgan fingerprint density at radius 1 is 1.23 bits per heavy atom. The molecule has 0 saturated carbocycles. The van der Waals surface area contributed by atoms with Crippen LogP contribution in [-0.4, -0.2) is 27.0 Å². The lowest BCUT2D eigenvalue weighted by atomic mass is 10.0. The lowest BCUT2D eigenvalue weighted by Crippen LogP contribution is -2.06. The third-order valence-electron chi connectivity index (χ3n) is 4.80. The second-order valence-corrected chi connectivity index (χ2v) is 7.06. The van der Waals surface area contributed by atoms with E-state index >= 15 is 0 Å². The molecular weight excluding hydrogens is 407 g/mol. The number of aliphatic hydroxyl groups is 1. The van der Waals surface area contributed by atoms with Crippen molar-refractivity contribution in [1.29, 1.82) is 5.26 Å². The van der Waals surface area contributed by atoms with E-state index in [4.69, 9.17) is 5.11 Å². The van der Waals surface area contributed by atoms with Crippen LogP contribution in [0.4, 0.5) is 13.2 Å². The molecule has 3 rings (SSSR count). The van der Waals surface area contributed by atoms with Gasteiger partial charge in [0.05, 0.1) is 11.1 Å². The Labute approximate surface area is 177 Å². The number of hydrogen-bond acceptors (Lipinski definition) is 4. The molecule has 0 spiro atoms. The van der Waals surface area contributed by atoms with Gasteiger partial charge in [0.2, 0.25) is 0 Å². The number of nitrogens with zero attached hydrogens (tertiary/aromatic N) is 3. The number of alkyl halides is 3. The molecule has 8 heteroatoms. The van der Waals surface area contributed by atoms with Crippen LogP contribution in [0.5, 0.6) is 0 Å². The van der Waals surface area contributed by atoms with Crippen molar-refractivity contribution in [3.05, 3.63) is 71.1 Å². The molecule has 0 aliphatic heterocycles. The minimum atomic E-state index is -4.43. The van der Waals surface area contributed by atoms with Crippen LogP contribution in [0.25, 0.3) is 17.1 Å². The molecule has 2 aromatic heterocycles. The van der Waals surface area contributed by atoms with Gasteiger partial charge in [-0.15, -0.1) is 0 Å². The summed E-state index contributed by atoms with van der Waals surface area (Å²) in [5, 5.41) is 19.0. The fourth-order valence-corrected chi connectivity index (χ4v) is 3.29. The molecule has 0 aliphatic rings. The number of aliphatic hydroxyl groups excluding tert-OH is 1. The number of aromatic nitrogens is 2. The van der Waals surface area contributed by atoms with Crippen LogP contribution in [0.3, 0.4) is 0 Å². The molecule has 3 aromatic rings. The Kier molecular flexibility index (Phi) is 6.88. The molecule has 5 nitrogen and oxygen atoms in total. The van der Waals surface area contributed by atoms with Crippen LogP contribution in [-0.2, 0) is 17.5 Å². The van der Waals surface area contributed by atoms with Gasteiger partial charge >= 0.3 is 6.18 Å². The Balaban J connectivity index is 1.96. The molecule has 2 heterocycles. The van der Waals surface area contributed by atoms with E-state index in [1.807, 2.05) is 6.07 Å². The van der Waals surface area contributed by atoms with Gasteiger partial charge in [0.1, 0.15) is 11.7 Å². The maximum absolute atomic E-state index is 13.0. The monoisotopic (exact) mass is 427 g/mol. The van der Waals surface area contributed by atoms with Crippen LogP contribution < -0.4 is 0 Å². The summed E-state index contributed by atoms with van der Waals surface area (Å²) in [6.07, 6.45) is 1.41. The number of carbonyl (C=O) groups excluding carboxylic acids is 1. The first-order valence-corrected chi connectivity index (χ1v) is 9.69. The fraction of sp³-hybridized carbons (Fsp3) is 0.261. The second-order valence-electron chi connectivity index (χ2n) is 7.06. The number of pyridine rings is 1. The largest absolute Gasteiger partial charge is 0.416 e. The van der Waals surface area contributed by atoms with Crippen molar-refractivity contribution < 1.29 is 23.1 Å². The molecule has 1 N–H and O–H groups in total. The summed E-state index contributed by atoms with van der Waals surface area (Å²) in [4.78, 5) is 16.6. The molecule has 0 unspecified atom stereocenters. The molecule has 160 valence electrons. The first-order valence-electron chi connectivity index (χ1n) is 9.69. The Morgan fingerprint density at radius 2 is 2.03 bits per heavy atom. The highest BCUT2D eigenvalue weighted by molar-refractivity contribution is 6.05. The summed E-state index contributed by atoms with van der Waals surface area (Å²) in [7, 11) is 0. The number of halogens is 3. The van der Waals surface area contributed by atoms with Gasteiger partial charge < -0.3 is 9.67 Å². The van der Waals surface area contributed by atoms with E-state index < -0.39 is 11.7 Å². The quantitative estimate of drug-likeness (QED) is 0.320. The maximum Gasteiger partial charge on any atom is 0.416 e. The van der Waals surface area contributed by atoms with Crippen molar-refractivity contribution in [2.45, 2.75) is 32.0 Å². The number of nitriles is 1. The van der Waals surface area contributed by atoms with Gasteiger partial charge in [-0.05, 0) is 48.7 Å². The Bertz CT molecular complexity index is 1160. The van der Waals surface area contributed by atoms with Crippen LogP contribution in [0.1, 0.15) is 36.0 Å². The van der Waals surface area contributed by atoms with Crippen molar-refractivity contribution in [2.75, 3.05) is 6.61 Å². The van der Waals surface area contributed by atoms with Crippen molar-refractivity contribution in [2.24, 2.45) is 0 Å². The number of allylic oxidation sites excluding steroid dienone is 1. The lowest BCUT2D eigenvalue weighted by Gasteiger charge is -2.09. The number of benzene rings is 1. The topological polar surface area (TPSA) is 78.9 Å². The minimum absolute atomic E-state index is 0.0140. The summed E-state index contributed by atoms with van der Waals surface area (Å²) >= 11 is 0. The molecule has 0 saturated heterocycles. The number of unbranched alkanes of at least 4 members (excludes halogenated alkanes) is 1. The first kappa shape index (κ1) is 22.2. The molecule has 0 radical (unpaired) electrons. The fourth-order valence-electron chi connectivity index (χ4n) is 3.29. The lowest BCUT2D eigenvalue weighted by molar-refractivity contribution is -0.137. The summed E-state index contributed by atoms with van der Waals surface area (Å²) in [6.45, 7) is 0.130.